The van der Waals surface area contributed by atoms with E-state index >= 15 is 0 Å². The van der Waals surface area contributed by atoms with Crippen LogP contribution in [0.3, 0.4) is 0 Å². The van der Waals surface area contributed by atoms with E-state index in [1.165, 1.54) is 17.0 Å². The van der Waals surface area contributed by atoms with Gasteiger partial charge >= 0.3 is 6.18 Å². The summed E-state index contributed by atoms with van der Waals surface area (Å²) < 4.78 is 42.9. The number of halogens is 3. The van der Waals surface area contributed by atoms with Crippen molar-refractivity contribution < 1.29 is 17.9 Å². The molecule has 0 saturated heterocycles. The van der Waals surface area contributed by atoms with E-state index in [4.69, 9.17) is 4.74 Å². The van der Waals surface area contributed by atoms with Crippen molar-refractivity contribution >= 4 is 11.3 Å². The van der Waals surface area contributed by atoms with Crippen molar-refractivity contribution in [2.24, 2.45) is 0 Å². The molecule has 0 aliphatic rings. The van der Waals surface area contributed by atoms with Gasteiger partial charge in [-0.2, -0.15) is 13.2 Å². The lowest BCUT2D eigenvalue weighted by molar-refractivity contribution is -0.137. The summed E-state index contributed by atoms with van der Waals surface area (Å²) in [6.07, 6.45) is -4.44. The van der Waals surface area contributed by atoms with Crippen LogP contribution in [0, 0.1) is 0 Å². The summed E-state index contributed by atoms with van der Waals surface area (Å²) in [6.45, 7) is 3.26. The molecule has 1 aromatic heterocycles. The van der Waals surface area contributed by atoms with Gasteiger partial charge in [-0.25, -0.2) is 0 Å². The summed E-state index contributed by atoms with van der Waals surface area (Å²) in [5.41, 5.74) is -0.668. The van der Waals surface area contributed by atoms with Crippen LogP contribution >= 0.6 is 11.3 Å². The van der Waals surface area contributed by atoms with Gasteiger partial charge in [0, 0.05) is 18.0 Å². The second-order valence-electron chi connectivity index (χ2n) is 4.66. The van der Waals surface area contributed by atoms with Gasteiger partial charge in [-0.1, -0.05) is 6.07 Å². The van der Waals surface area contributed by atoms with Crippen molar-refractivity contribution in [2.75, 3.05) is 6.54 Å². The van der Waals surface area contributed by atoms with Crippen LogP contribution in [0.5, 0.6) is 5.75 Å². The fraction of sp³-hybridized carbons (Fsp3) is 0.333. The lowest BCUT2D eigenvalue weighted by Gasteiger charge is -2.16. The van der Waals surface area contributed by atoms with Gasteiger partial charge < -0.3 is 10.1 Å². The molecule has 0 saturated carbocycles. The van der Waals surface area contributed by atoms with E-state index in [0.717, 1.165) is 18.7 Å². The zero-order valence-corrected chi connectivity index (χ0v) is 12.3. The monoisotopic (exact) mass is 315 g/mol. The van der Waals surface area contributed by atoms with E-state index in [2.05, 4.69) is 5.32 Å². The molecule has 1 heterocycles. The van der Waals surface area contributed by atoms with Gasteiger partial charge in [-0.3, -0.25) is 0 Å². The number of thiophene rings is 1. The lowest BCUT2D eigenvalue weighted by atomic mass is 10.2. The molecule has 21 heavy (non-hydrogen) atoms. The Kier molecular flexibility index (Phi) is 5.25. The first kappa shape index (κ1) is 15.9. The Balaban J connectivity index is 1.78. The van der Waals surface area contributed by atoms with Crippen LogP contribution in [-0.4, -0.2) is 12.6 Å². The van der Waals surface area contributed by atoms with Crippen molar-refractivity contribution in [2.45, 2.75) is 25.7 Å². The smallest absolute Gasteiger partial charge is 0.416 e. The van der Waals surface area contributed by atoms with Gasteiger partial charge in [0.25, 0.3) is 0 Å². The summed E-state index contributed by atoms with van der Waals surface area (Å²) in [5.74, 6) is 0.438. The summed E-state index contributed by atoms with van der Waals surface area (Å²) in [6, 6.07) is 8.78. The van der Waals surface area contributed by atoms with E-state index in [0.29, 0.717) is 12.3 Å². The number of rotatable bonds is 6. The number of alkyl halides is 3. The number of benzene rings is 1. The Hall–Kier alpha value is -1.53. The number of nitrogens with one attached hydrogen (secondary N) is 1. The lowest BCUT2D eigenvalue weighted by Crippen LogP contribution is -2.28. The van der Waals surface area contributed by atoms with Gasteiger partial charge in [0.05, 0.1) is 5.56 Å². The minimum Gasteiger partial charge on any atom is -0.489 e. The molecule has 1 atom stereocenters. The van der Waals surface area contributed by atoms with Crippen LogP contribution in [0.4, 0.5) is 13.2 Å². The SMILES string of the molecule is CC(CNCc1cccs1)Oc1ccc(C(F)(F)F)cc1. The summed E-state index contributed by atoms with van der Waals surface area (Å²) in [7, 11) is 0. The van der Waals surface area contributed by atoms with Crippen LogP contribution in [0.15, 0.2) is 41.8 Å². The molecule has 0 aliphatic carbocycles. The molecule has 1 unspecified atom stereocenters. The van der Waals surface area contributed by atoms with Gasteiger partial charge in [0.15, 0.2) is 0 Å². The van der Waals surface area contributed by atoms with Gasteiger partial charge in [0.1, 0.15) is 11.9 Å². The van der Waals surface area contributed by atoms with Gasteiger partial charge in [-0.15, -0.1) is 11.3 Å². The van der Waals surface area contributed by atoms with Crippen LogP contribution in [0.25, 0.3) is 0 Å². The third-order valence-corrected chi connectivity index (χ3v) is 3.71. The molecule has 1 aromatic carbocycles. The van der Waals surface area contributed by atoms with Crippen molar-refractivity contribution in [1.29, 1.82) is 0 Å². The van der Waals surface area contributed by atoms with Crippen LogP contribution < -0.4 is 10.1 Å². The maximum atomic E-state index is 12.4. The average Bonchev–Trinajstić information content (AvgIpc) is 2.91. The van der Waals surface area contributed by atoms with Crippen molar-refractivity contribution in [3.63, 3.8) is 0 Å². The topological polar surface area (TPSA) is 21.3 Å². The highest BCUT2D eigenvalue weighted by Crippen LogP contribution is 2.30. The van der Waals surface area contributed by atoms with Crippen LogP contribution in [0.2, 0.25) is 0 Å². The highest BCUT2D eigenvalue weighted by atomic mass is 32.1. The molecule has 0 aliphatic heterocycles. The molecule has 0 spiro atoms. The van der Waals surface area contributed by atoms with E-state index in [1.807, 2.05) is 24.4 Å². The molecule has 0 fully saturated rings. The Bertz CT molecular complexity index is 537. The third-order valence-electron chi connectivity index (χ3n) is 2.83. The fourth-order valence-corrected chi connectivity index (χ4v) is 2.48. The first-order valence-corrected chi connectivity index (χ1v) is 7.40. The first-order chi connectivity index (χ1) is 9.95. The number of ether oxygens (including phenoxy) is 1. The number of hydrogen-bond acceptors (Lipinski definition) is 3. The molecule has 2 rings (SSSR count). The summed E-state index contributed by atoms with van der Waals surface area (Å²) >= 11 is 1.67. The molecule has 6 heteroatoms. The Labute approximate surface area is 125 Å². The van der Waals surface area contributed by atoms with Crippen LogP contribution in [0.1, 0.15) is 17.4 Å². The molecule has 114 valence electrons. The predicted molar refractivity (Wildman–Crippen MR) is 77.6 cm³/mol. The molecular weight excluding hydrogens is 299 g/mol. The average molecular weight is 315 g/mol. The van der Waals surface area contributed by atoms with Crippen molar-refractivity contribution in [1.82, 2.24) is 5.32 Å². The van der Waals surface area contributed by atoms with E-state index in [1.54, 1.807) is 11.3 Å². The van der Waals surface area contributed by atoms with E-state index < -0.39 is 11.7 Å². The van der Waals surface area contributed by atoms with E-state index in [9.17, 15) is 13.2 Å². The maximum Gasteiger partial charge on any atom is 0.416 e. The molecule has 1 N–H and O–H groups in total. The minimum atomic E-state index is -4.31. The Morgan fingerprint density at radius 3 is 2.48 bits per heavy atom. The third kappa shape index (κ3) is 5.06. The second-order valence-corrected chi connectivity index (χ2v) is 5.69. The highest BCUT2D eigenvalue weighted by Gasteiger charge is 2.30. The molecular formula is C15H16F3NOS. The largest absolute Gasteiger partial charge is 0.489 e. The van der Waals surface area contributed by atoms with Crippen molar-refractivity contribution in [3.05, 3.63) is 52.2 Å². The zero-order chi connectivity index (χ0) is 15.3. The minimum absolute atomic E-state index is 0.123. The van der Waals surface area contributed by atoms with Crippen LogP contribution in [-0.2, 0) is 12.7 Å². The molecule has 0 radical (unpaired) electrons. The summed E-state index contributed by atoms with van der Waals surface area (Å²) in [4.78, 5) is 1.23. The zero-order valence-electron chi connectivity index (χ0n) is 11.5. The second kappa shape index (κ2) is 6.95. The molecule has 0 amide bonds. The normalized spacial score (nSPS) is 13.1. The predicted octanol–water partition coefficient (Wildman–Crippen LogP) is 4.32. The molecule has 0 bridgehead atoms. The quantitative estimate of drug-likeness (QED) is 0.857. The highest BCUT2D eigenvalue weighted by molar-refractivity contribution is 7.09. The maximum absolute atomic E-state index is 12.4. The van der Waals surface area contributed by atoms with Gasteiger partial charge in [-0.05, 0) is 42.6 Å². The molecule has 2 nitrogen and oxygen atoms in total. The van der Waals surface area contributed by atoms with E-state index in [-0.39, 0.29) is 6.10 Å². The summed E-state index contributed by atoms with van der Waals surface area (Å²) in [5, 5.41) is 5.26. The Morgan fingerprint density at radius 2 is 1.90 bits per heavy atom. The van der Waals surface area contributed by atoms with Crippen molar-refractivity contribution in [3.8, 4) is 5.75 Å². The number of hydrogen-bond donors (Lipinski definition) is 1. The van der Waals surface area contributed by atoms with Gasteiger partial charge in [0.2, 0.25) is 0 Å². The molecule has 2 aromatic rings. The first-order valence-electron chi connectivity index (χ1n) is 6.52. The fourth-order valence-electron chi connectivity index (χ4n) is 1.81. The standard InChI is InChI=1S/C15H16F3NOS/c1-11(9-19-10-14-3-2-8-21-14)20-13-6-4-12(5-7-13)15(16,17)18/h2-8,11,19H,9-10H2,1H3. The Morgan fingerprint density at radius 1 is 1.19 bits per heavy atom.